The van der Waals surface area contributed by atoms with E-state index in [4.69, 9.17) is 4.74 Å². The van der Waals surface area contributed by atoms with E-state index in [2.05, 4.69) is 20.5 Å². The number of methoxy groups -OCH3 is 1. The average Bonchev–Trinajstić information content (AvgIpc) is 2.63. The molecular formula is C19H26N4O2. The third-order valence-electron chi connectivity index (χ3n) is 3.74. The number of amides is 1. The molecular weight excluding hydrogens is 316 g/mol. The molecule has 0 aliphatic carbocycles. The number of benzene rings is 1. The third-order valence-corrected chi connectivity index (χ3v) is 3.74. The number of pyridine rings is 1. The Morgan fingerprint density at radius 3 is 2.80 bits per heavy atom. The van der Waals surface area contributed by atoms with Crippen LogP contribution in [0.2, 0.25) is 0 Å². The number of aromatic nitrogens is 1. The summed E-state index contributed by atoms with van der Waals surface area (Å²) in [5.74, 6) is 1.40. The summed E-state index contributed by atoms with van der Waals surface area (Å²) in [5.41, 5.74) is 1.63. The van der Waals surface area contributed by atoms with Crippen LogP contribution in [0.15, 0.2) is 42.6 Å². The molecule has 134 valence electrons. The van der Waals surface area contributed by atoms with E-state index in [0.717, 1.165) is 24.3 Å². The molecule has 0 spiro atoms. The molecule has 0 radical (unpaired) electrons. The third kappa shape index (κ3) is 6.08. The van der Waals surface area contributed by atoms with Gasteiger partial charge in [0, 0.05) is 30.4 Å². The molecule has 1 aromatic carbocycles. The Morgan fingerprint density at radius 1 is 1.24 bits per heavy atom. The highest BCUT2D eigenvalue weighted by Crippen LogP contribution is 2.18. The monoisotopic (exact) mass is 342 g/mol. The largest absolute Gasteiger partial charge is 0.496 e. The van der Waals surface area contributed by atoms with Gasteiger partial charge >= 0.3 is 0 Å². The highest BCUT2D eigenvalue weighted by molar-refractivity contribution is 5.94. The topological polar surface area (TPSA) is 66.5 Å². The van der Waals surface area contributed by atoms with Crippen LogP contribution >= 0.6 is 0 Å². The summed E-state index contributed by atoms with van der Waals surface area (Å²) in [6.45, 7) is 2.18. The summed E-state index contributed by atoms with van der Waals surface area (Å²) >= 11 is 0. The molecule has 2 N–H and O–H groups in total. The van der Waals surface area contributed by atoms with Crippen molar-refractivity contribution in [1.29, 1.82) is 0 Å². The minimum absolute atomic E-state index is 0.0819. The first-order valence-corrected chi connectivity index (χ1v) is 8.35. The van der Waals surface area contributed by atoms with E-state index < -0.39 is 0 Å². The van der Waals surface area contributed by atoms with Gasteiger partial charge in [-0.2, -0.15) is 0 Å². The molecule has 0 atom stereocenters. The quantitative estimate of drug-likeness (QED) is 0.685. The fourth-order valence-electron chi connectivity index (χ4n) is 2.40. The molecule has 1 amide bonds. The van der Waals surface area contributed by atoms with Crippen LogP contribution in [0.1, 0.15) is 22.3 Å². The summed E-state index contributed by atoms with van der Waals surface area (Å²) in [6, 6.07) is 11.3. The van der Waals surface area contributed by atoms with Crippen LogP contribution in [0.25, 0.3) is 0 Å². The van der Waals surface area contributed by atoms with Gasteiger partial charge < -0.3 is 20.3 Å². The van der Waals surface area contributed by atoms with Crippen molar-refractivity contribution in [1.82, 2.24) is 15.2 Å². The number of anilines is 1. The van der Waals surface area contributed by atoms with Crippen molar-refractivity contribution in [2.75, 3.05) is 39.6 Å². The minimum Gasteiger partial charge on any atom is -0.496 e. The standard InChI is InChI=1S/C19H26N4O2/c1-23(2)12-6-10-21-19(24)15-9-11-20-18(13-15)22-14-16-7-4-5-8-17(16)25-3/h4-5,7-9,11,13H,6,10,12,14H2,1-3H3,(H,20,22)(H,21,24). The highest BCUT2D eigenvalue weighted by Gasteiger charge is 2.07. The van der Waals surface area contributed by atoms with Gasteiger partial charge in [-0.05, 0) is 45.3 Å². The second kappa shape index (κ2) is 9.64. The lowest BCUT2D eigenvalue weighted by molar-refractivity contribution is 0.0952. The summed E-state index contributed by atoms with van der Waals surface area (Å²) in [4.78, 5) is 18.6. The van der Waals surface area contributed by atoms with Crippen molar-refractivity contribution in [2.24, 2.45) is 0 Å². The summed E-state index contributed by atoms with van der Waals surface area (Å²) in [7, 11) is 5.69. The number of nitrogens with zero attached hydrogens (tertiary/aromatic N) is 2. The number of para-hydroxylation sites is 1. The lowest BCUT2D eigenvalue weighted by Gasteiger charge is -2.11. The van der Waals surface area contributed by atoms with Crippen molar-refractivity contribution in [3.05, 3.63) is 53.7 Å². The Hall–Kier alpha value is -2.60. The van der Waals surface area contributed by atoms with Gasteiger partial charge in [-0.1, -0.05) is 18.2 Å². The van der Waals surface area contributed by atoms with E-state index in [0.29, 0.717) is 24.5 Å². The van der Waals surface area contributed by atoms with Crippen molar-refractivity contribution in [3.8, 4) is 5.75 Å². The van der Waals surface area contributed by atoms with Crippen molar-refractivity contribution >= 4 is 11.7 Å². The van der Waals surface area contributed by atoms with E-state index in [1.807, 2.05) is 38.4 Å². The average molecular weight is 342 g/mol. The van der Waals surface area contributed by atoms with Gasteiger partial charge in [-0.3, -0.25) is 4.79 Å². The van der Waals surface area contributed by atoms with E-state index in [-0.39, 0.29) is 5.91 Å². The number of ether oxygens (including phenoxy) is 1. The zero-order valence-corrected chi connectivity index (χ0v) is 15.1. The first-order chi connectivity index (χ1) is 12.1. The number of hydrogen-bond donors (Lipinski definition) is 2. The second-order valence-corrected chi connectivity index (χ2v) is 6.01. The first-order valence-electron chi connectivity index (χ1n) is 8.35. The molecule has 2 aromatic rings. The Labute approximate surface area is 149 Å². The van der Waals surface area contributed by atoms with Crippen LogP contribution < -0.4 is 15.4 Å². The molecule has 0 bridgehead atoms. The van der Waals surface area contributed by atoms with Gasteiger partial charge in [-0.15, -0.1) is 0 Å². The Bertz CT molecular complexity index is 689. The van der Waals surface area contributed by atoms with Gasteiger partial charge in [0.15, 0.2) is 0 Å². The highest BCUT2D eigenvalue weighted by atomic mass is 16.5. The first kappa shape index (κ1) is 18.7. The number of rotatable bonds is 9. The van der Waals surface area contributed by atoms with Gasteiger partial charge in [0.1, 0.15) is 11.6 Å². The van der Waals surface area contributed by atoms with Gasteiger partial charge in [0.25, 0.3) is 5.91 Å². The number of hydrogen-bond acceptors (Lipinski definition) is 5. The number of carbonyl (C=O) groups excluding carboxylic acids is 1. The maximum Gasteiger partial charge on any atom is 0.251 e. The fraction of sp³-hybridized carbons (Fsp3) is 0.368. The van der Waals surface area contributed by atoms with Crippen molar-refractivity contribution in [3.63, 3.8) is 0 Å². The van der Waals surface area contributed by atoms with Crippen LogP contribution in [0.4, 0.5) is 5.82 Å². The second-order valence-electron chi connectivity index (χ2n) is 6.01. The lowest BCUT2D eigenvalue weighted by Crippen LogP contribution is -2.27. The predicted molar refractivity (Wildman–Crippen MR) is 100 cm³/mol. The molecule has 1 heterocycles. The molecule has 0 saturated heterocycles. The van der Waals surface area contributed by atoms with Crippen molar-refractivity contribution in [2.45, 2.75) is 13.0 Å². The zero-order valence-electron chi connectivity index (χ0n) is 15.1. The number of nitrogens with one attached hydrogen (secondary N) is 2. The summed E-state index contributed by atoms with van der Waals surface area (Å²) < 4.78 is 5.34. The van der Waals surface area contributed by atoms with Crippen LogP contribution in [-0.2, 0) is 6.54 Å². The van der Waals surface area contributed by atoms with Crippen LogP contribution in [-0.4, -0.2) is 50.1 Å². The van der Waals surface area contributed by atoms with Crippen molar-refractivity contribution < 1.29 is 9.53 Å². The summed E-state index contributed by atoms with van der Waals surface area (Å²) in [5, 5.41) is 6.17. The van der Waals surface area contributed by atoms with E-state index in [1.165, 1.54) is 0 Å². The maximum atomic E-state index is 12.2. The molecule has 2 rings (SSSR count). The Kier molecular flexibility index (Phi) is 7.22. The van der Waals surface area contributed by atoms with Gasteiger partial charge in [0.2, 0.25) is 0 Å². The fourth-order valence-corrected chi connectivity index (χ4v) is 2.40. The maximum absolute atomic E-state index is 12.2. The Morgan fingerprint density at radius 2 is 2.04 bits per heavy atom. The van der Waals surface area contributed by atoms with Gasteiger partial charge in [0.05, 0.1) is 7.11 Å². The Balaban J connectivity index is 1.91. The number of carbonyl (C=O) groups is 1. The van der Waals surface area contributed by atoms with Crippen LogP contribution in [0, 0.1) is 0 Å². The molecule has 0 aliphatic rings. The smallest absolute Gasteiger partial charge is 0.251 e. The normalized spacial score (nSPS) is 10.6. The summed E-state index contributed by atoms with van der Waals surface area (Å²) in [6.07, 6.45) is 2.56. The molecule has 25 heavy (non-hydrogen) atoms. The van der Waals surface area contributed by atoms with Gasteiger partial charge in [-0.25, -0.2) is 4.98 Å². The van der Waals surface area contributed by atoms with Crippen LogP contribution in [0.3, 0.4) is 0 Å². The molecule has 0 unspecified atom stereocenters. The predicted octanol–water partition coefficient (Wildman–Crippen LogP) is 2.38. The molecule has 1 aromatic heterocycles. The molecule has 0 aliphatic heterocycles. The lowest BCUT2D eigenvalue weighted by atomic mass is 10.2. The SMILES string of the molecule is COc1ccccc1CNc1cc(C(=O)NCCCN(C)C)ccn1. The van der Waals surface area contributed by atoms with E-state index in [9.17, 15) is 4.79 Å². The van der Waals surface area contributed by atoms with Crippen LogP contribution in [0.5, 0.6) is 5.75 Å². The molecule has 0 saturated carbocycles. The zero-order chi connectivity index (χ0) is 18.1. The minimum atomic E-state index is -0.0819. The molecule has 6 nitrogen and oxygen atoms in total. The van der Waals surface area contributed by atoms with E-state index in [1.54, 1.807) is 25.4 Å². The van der Waals surface area contributed by atoms with E-state index >= 15 is 0 Å². The molecule has 0 fully saturated rings. The molecule has 6 heteroatoms.